The molecule has 0 unspecified atom stereocenters. The Morgan fingerprint density at radius 1 is 1.26 bits per heavy atom. The summed E-state index contributed by atoms with van der Waals surface area (Å²) in [5.41, 5.74) is 0.963. The van der Waals surface area contributed by atoms with Gasteiger partial charge >= 0.3 is 0 Å². The van der Waals surface area contributed by atoms with Gasteiger partial charge in [-0.1, -0.05) is 11.6 Å². The Morgan fingerprint density at radius 2 is 2.05 bits per heavy atom. The van der Waals surface area contributed by atoms with Crippen molar-refractivity contribution in [2.45, 2.75) is 0 Å². The van der Waals surface area contributed by atoms with Gasteiger partial charge < -0.3 is 10.2 Å². The average molecular weight is 343 g/mol. The van der Waals surface area contributed by atoms with Crippen molar-refractivity contribution in [3.8, 4) is 11.4 Å². The second-order valence-electron chi connectivity index (χ2n) is 4.35. The highest BCUT2D eigenvalue weighted by Gasteiger charge is 2.15. The van der Waals surface area contributed by atoms with Gasteiger partial charge in [0, 0.05) is 36.2 Å². The average Bonchev–Trinajstić information content (AvgIpc) is 2.93. The molecule has 2 aromatic rings. The fourth-order valence-electron chi connectivity index (χ4n) is 2.03. The molecule has 0 radical (unpaired) electrons. The number of piperazine rings is 1. The first-order valence-corrected chi connectivity index (χ1v) is 7.24. The van der Waals surface area contributed by atoms with Gasteiger partial charge in [0.2, 0.25) is 5.95 Å². The monoisotopic (exact) mass is 341 g/mol. The lowest BCUT2D eigenvalue weighted by Crippen LogP contribution is -2.44. The van der Waals surface area contributed by atoms with Crippen molar-refractivity contribution in [1.82, 2.24) is 20.5 Å². The first-order chi connectivity index (χ1) is 9.24. The number of halogens is 2. The summed E-state index contributed by atoms with van der Waals surface area (Å²) in [6.07, 6.45) is 0. The summed E-state index contributed by atoms with van der Waals surface area (Å²) in [5.74, 6) is 1.51. The highest BCUT2D eigenvalue weighted by molar-refractivity contribution is 9.10. The molecule has 1 aliphatic rings. The molecule has 0 atom stereocenters. The van der Waals surface area contributed by atoms with Crippen molar-refractivity contribution in [3.05, 3.63) is 27.7 Å². The van der Waals surface area contributed by atoms with E-state index in [0.717, 1.165) is 48.0 Å². The lowest BCUT2D eigenvalue weighted by molar-refractivity contribution is 0.580. The molecule has 2 heterocycles. The summed E-state index contributed by atoms with van der Waals surface area (Å²) >= 11 is 9.40. The van der Waals surface area contributed by atoms with Crippen molar-refractivity contribution >= 4 is 33.5 Å². The van der Waals surface area contributed by atoms with E-state index in [0.29, 0.717) is 5.02 Å². The molecule has 1 aromatic heterocycles. The predicted octanol–water partition coefficient (Wildman–Crippen LogP) is 2.30. The Labute approximate surface area is 124 Å². The van der Waals surface area contributed by atoms with Crippen LogP contribution in [0.4, 0.5) is 5.95 Å². The first kappa shape index (κ1) is 12.9. The van der Waals surface area contributed by atoms with Crippen LogP contribution in [0.3, 0.4) is 0 Å². The Kier molecular flexibility index (Phi) is 3.72. The van der Waals surface area contributed by atoms with Crippen molar-refractivity contribution < 1.29 is 0 Å². The minimum Gasteiger partial charge on any atom is -0.337 e. The number of hydrogen-bond donors (Lipinski definition) is 2. The molecular formula is C12H13BrClN5. The zero-order valence-electron chi connectivity index (χ0n) is 10.2. The lowest BCUT2D eigenvalue weighted by atomic mass is 10.2. The summed E-state index contributed by atoms with van der Waals surface area (Å²) in [6.45, 7) is 3.80. The molecule has 5 nitrogen and oxygen atoms in total. The summed E-state index contributed by atoms with van der Waals surface area (Å²) in [6, 6.07) is 5.70. The maximum Gasteiger partial charge on any atom is 0.245 e. The van der Waals surface area contributed by atoms with Crippen LogP contribution in [0.1, 0.15) is 0 Å². The van der Waals surface area contributed by atoms with Crippen LogP contribution in [0.25, 0.3) is 11.4 Å². The SMILES string of the molecule is Clc1ccc(-c2nc(N3CCNCC3)n[nH]2)cc1Br. The molecule has 0 spiro atoms. The molecule has 2 N–H and O–H groups in total. The summed E-state index contributed by atoms with van der Waals surface area (Å²) in [5, 5.41) is 11.3. The van der Waals surface area contributed by atoms with E-state index in [1.54, 1.807) is 0 Å². The molecule has 0 amide bonds. The zero-order chi connectivity index (χ0) is 13.2. The Hall–Kier alpha value is -1.11. The van der Waals surface area contributed by atoms with Gasteiger partial charge in [0.1, 0.15) is 0 Å². The summed E-state index contributed by atoms with van der Waals surface area (Å²) < 4.78 is 0.854. The summed E-state index contributed by atoms with van der Waals surface area (Å²) in [4.78, 5) is 6.71. The van der Waals surface area contributed by atoms with Crippen molar-refractivity contribution in [1.29, 1.82) is 0 Å². The van der Waals surface area contributed by atoms with Crippen LogP contribution in [0, 0.1) is 0 Å². The number of H-pyrrole nitrogens is 1. The van der Waals surface area contributed by atoms with E-state index < -0.39 is 0 Å². The number of aromatic nitrogens is 3. The second kappa shape index (κ2) is 5.48. The molecule has 0 bridgehead atoms. The van der Waals surface area contributed by atoms with E-state index in [1.165, 1.54) is 0 Å². The minimum absolute atomic E-state index is 0.686. The Balaban J connectivity index is 1.85. The fourth-order valence-corrected chi connectivity index (χ4v) is 2.53. The molecule has 100 valence electrons. The van der Waals surface area contributed by atoms with Gasteiger partial charge in [-0.3, -0.25) is 5.10 Å². The van der Waals surface area contributed by atoms with Crippen LogP contribution < -0.4 is 10.2 Å². The van der Waals surface area contributed by atoms with Gasteiger partial charge in [-0.05, 0) is 34.1 Å². The highest BCUT2D eigenvalue weighted by atomic mass is 79.9. The topological polar surface area (TPSA) is 56.8 Å². The largest absolute Gasteiger partial charge is 0.337 e. The number of rotatable bonds is 2. The quantitative estimate of drug-likeness (QED) is 0.879. The van der Waals surface area contributed by atoms with E-state index >= 15 is 0 Å². The number of anilines is 1. The minimum atomic E-state index is 0.686. The van der Waals surface area contributed by atoms with Gasteiger partial charge in [-0.15, -0.1) is 5.10 Å². The Bertz CT molecular complexity index is 579. The normalized spacial score (nSPS) is 15.8. The van der Waals surface area contributed by atoms with E-state index in [9.17, 15) is 0 Å². The number of nitrogens with one attached hydrogen (secondary N) is 2. The number of aromatic amines is 1. The first-order valence-electron chi connectivity index (χ1n) is 6.07. The number of nitrogens with zero attached hydrogens (tertiary/aromatic N) is 3. The van der Waals surface area contributed by atoms with Crippen LogP contribution in [0.15, 0.2) is 22.7 Å². The molecule has 1 aliphatic heterocycles. The number of benzene rings is 1. The van der Waals surface area contributed by atoms with Gasteiger partial charge in [-0.2, -0.15) is 4.98 Å². The van der Waals surface area contributed by atoms with Crippen LogP contribution >= 0.6 is 27.5 Å². The standard InChI is InChI=1S/C12H13BrClN5/c13-9-7-8(1-2-10(9)14)11-16-12(18-17-11)19-5-3-15-4-6-19/h1-2,7,15H,3-6H2,(H,16,17,18). The van der Waals surface area contributed by atoms with Crippen LogP contribution in [0.2, 0.25) is 5.02 Å². The zero-order valence-corrected chi connectivity index (χ0v) is 12.5. The van der Waals surface area contributed by atoms with E-state index in [-0.39, 0.29) is 0 Å². The molecule has 7 heteroatoms. The maximum absolute atomic E-state index is 5.99. The fraction of sp³-hybridized carbons (Fsp3) is 0.333. The smallest absolute Gasteiger partial charge is 0.245 e. The molecule has 1 fully saturated rings. The van der Waals surface area contributed by atoms with Crippen LogP contribution in [-0.2, 0) is 0 Å². The molecular weight excluding hydrogens is 330 g/mol. The van der Waals surface area contributed by atoms with Gasteiger partial charge in [-0.25, -0.2) is 0 Å². The third kappa shape index (κ3) is 2.75. The van der Waals surface area contributed by atoms with Gasteiger partial charge in [0.25, 0.3) is 0 Å². The van der Waals surface area contributed by atoms with Crippen LogP contribution in [0.5, 0.6) is 0 Å². The molecule has 0 saturated carbocycles. The van der Waals surface area contributed by atoms with Crippen molar-refractivity contribution in [2.75, 3.05) is 31.1 Å². The van der Waals surface area contributed by atoms with Crippen LogP contribution in [-0.4, -0.2) is 41.4 Å². The lowest BCUT2D eigenvalue weighted by Gasteiger charge is -2.25. The second-order valence-corrected chi connectivity index (χ2v) is 5.61. The summed E-state index contributed by atoms with van der Waals surface area (Å²) in [7, 11) is 0. The molecule has 19 heavy (non-hydrogen) atoms. The maximum atomic E-state index is 5.99. The number of hydrogen-bond acceptors (Lipinski definition) is 4. The van der Waals surface area contributed by atoms with E-state index in [2.05, 4.69) is 41.3 Å². The Morgan fingerprint density at radius 3 is 2.79 bits per heavy atom. The molecule has 1 saturated heterocycles. The van der Waals surface area contributed by atoms with Crippen molar-refractivity contribution in [3.63, 3.8) is 0 Å². The third-order valence-corrected chi connectivity index (χ3v) is 4.28. The van der Waals surface area contributed by atoms with E-state index in [4.69, 9.17) is 11.6 Å². The van der Waals surface area contributed by atoms with Gasteiger partial charge in [0.15, 0.2) is 5.82 Å². The third-order valence-electron chi connectivity index (χ3n) is 3.07. The molecule has 0 aliphatic carbocycles. The predicted molar refractivity (Wildman–Crippen MR) is 79.6 cm³/mol. The van der Waals surface area contributed by atoms with Crippen molar-refractivity contribution in [2.24, 2.45) is 0 Å². The molecule has 3 rings (SSSR count). The highest BCUT2D eigenvalue weighted by Crippen LogP contribution is 2.27. The van der Waals surface area contributed by atoms with E-state index in [1.807, 2.05) is 18.2 Å². The molecule has 1 aromatic carbocycles. The van der Waals surface area contributed by atoms with Gasteiger partial charge in [0.05, 0.1) is 5.02 Å².